The fourth-order valence-corrected chi connectivity index (χ4v) is 10.1. The molecule has 3 atom stereocenters. The van der Waals surface area contributed by atoms with Crippen LogP contribution in [0.5, 0.6) is 17.6 Å². The van der Waals surface area contributed by atoms with Gasteiger partial charge >= 0.3 is 0 Å². The third-order valence-electron chi connectivity index (χ3n) is 13.2. The van der Waals surface area contributed by atoms with Gasteiger partial charge in [0.15, 0.2) is 35.8 Å². The van der Waals surface area contributed by atoms with E-state index in [1.165, 1.54) is 37.8 Å². The van der Waals surface area contributed by atoms with E-state index < -0.39 is 38.3 Å². The van der Waals surface area contributed by atoms with Gasteiger partial charge in [0.05, 0.1) is 60.0 Å². The van der Waals surface area contributed by atoms with Crippen molar-refractivity contribution >= 4 is 83.7 Å². The van der Waals surface area contributed by atoms with Crippen molar-refractivity contribution in [1.29, 1.82) is 15.8 Å². The van der Waals surface area contributed by atoms with Crippen LogP contribution in [0.15, 0.2) is 113 Å². The number of amides is 2. The number of aryl methyl sites for hydroxylation is 3. The Morgan fingerprint density at radius 2 is 1.31 bits per heavy atom. The molecule has 0 saturated carbocycles. The predicted molar refractivity (Wildman–Crippen MR) is 342 cm³/mol. The van der Waals surface area contributed by atoms with E-state index in [4.69, 9.17) is 41.9 Å². The van der Waals surface area contributed by atoms with Crippen molar-refractivity contribution in [3.8, 4) is 47.1 Å². The van der Waals surface area contributed by atoms with E-state index in [1.54, 1.807) is 101 Å². The molecular formula is C59H57Br2F3IN21O5. The average molecular weight is 1480 g/mol. The van der Waals surface area contributed by atoms with Crippen LogP contribution in [-0.2, 0) is 40.8 Å². The zero-order valence-corrected chi connectivity index (χ0v) is 54.8. The third kappa shape index (κ3) is 17.1. The number of anilines is 3. The van der Waals surface area contributed by atoms with Crippen LogP contribution >= 0.6 is 54.5 Å². The molecule has 2 bridgehead atoms. The van der Waals surface area contributed by atoms with Crippen molar-refractivity contribution in [2.24, 2.45) is 21.1 Å². The lowest BCUT2D eigenvalue weighted by Crippen LogP contribution is -2.29. The van der Waals surface area contributed by atoms with Gasteiger partial charge in [-0.15, -0.1) is 0 Å². The first-order valence-electron chi connectivity index (χ1n) is 26.9. The number of hydrogen-bond donors (Lipinski definition) is 4. The fourth-order valence-electron chi connectivity index (χ4n) is 8.82. The predicted octanol–water partition coefficient (Wildman–Crippen LogP) is 8.32. The van der Waals surface area contributed by atoms with E-state index in [1.807, 2.05) is 43.5 Å². The lowest BCUT2D eigenvalue weighted by molar-refractivity contribution is 0.0768. The molecule has 7 heterocycles. The van der Waals surface area contributed by atoms with Gasteiger partial charge in [-0.25, -0.2) is 43.1 Å². The second-order valence-electron chi connectivity index (χ2n) is 19.5. The monoisotopic (exact) mass is 1480 g/mol. The van der Waals surface area contributed by atoms with Gasteiger partial charge in [0.2, 0.25) is 0 Å². The van der Waals surface area contributed by atoms with E-state index >= 15 is 0 Å². The maximum atomic E-state index is 14.0. The zero-order valence-electron chi connectivity index (χ0n) is 49.4. The van der Waals surface area contributed by atoms with Crippen LogP contribution < -0.4 is 36.7 Å². The molecule has 6 aromatic heterocycles. The maximum absolute atomic E-state index is 14.0. The summed E-state index contributed by atoms with van der Waals surface area (Å²) in [6, 6.07) is 30.2. The number of nitrogen functional groups attached to an aromatic ring is 3. The third-order valence-corrected chi connectivity index (χ3v) is 14.9. The lowest BCUT2D eigenvalue weighted by Gasteiger charge is -2.23. The first-order chi connectivity index (χ1) is 43.7. The Balaban J connectivity index is 0.000000183. The summed E-state index contributed by atoms with van der Waals surface area (Å²) in [4.78, 5) is 53.6. The second kappa shape index (κ2) is 32.1. The number of alkyl halides is 3. The highest BCUT2D eigenvalue weighted by Crippen LogP contribution is 2.35. The Labute approximate surface area is 550 Å². The molecule has 26 nitrogen and oxygen atoms in total. The SMILES string of the molecule is CN(Cc1cc(C#N)n(C)n1)C(=O)c1ccccc1C(CF)Oc1nc(Br)cnc1N.CN1Cc2nn(C)c(C#N)c2-c2cnc(N)c(n2)OC(CF)c2ccccc2C1=O.CNCc1cc(C#N)n(C)n1.Nc1ncc(Br)nc1OC(CF)c1ccccc1I. The van der Waals surface area contributed by atoms with Crippen LogP contribution in [0.2, 0.25) is 0 Å². The summed E-state index contributed by atoms with van der Waals surface area (Å²) < 4.78 is 64.3. The zero-order chi connectivity index (χ0) is 66.1. The number of aromatic nitrogens is 12. The first-order valence-corrected chi connectivity index (χ1v) is 29.6. The molecule has 470 valence electrons. The summed E-state index contributed by atoms with van der Waals surface area (Å²) >= 11 is 8.48. The summed E-state index contributed by atoms with van der Waals surface area (Å²) in [6.45, 7) is -1.49. The number of nitrogens with two attached hydrogens (primary N) is 3. The van der Waals surface area contributed by atoms with Gasteiger partial charge in [0.1, 0.15) is 64.5 Å². The highest BCUT2D eigenvalue weighted by Gasteiger charge is 2.30. The summed E-state index contributed by atoms with van der Waals surface area (Å²) in [5.41, 5.74) is 23.3. The molecule has 7 N–H and O–H groups in total. The minimum atomic E-state index is -1.11. The molecule has 10 rings (SSSR count). The van der Waals surface area contributed by atoms with Crippen LogP contribution in [0.3, 0.4) is 0 Å². The van der Waals surface area contributed by atoms with Crippen LogP contribution in [0.25, 0.3) is 11.3 Å². The number of nitrogens with one attached hydrogen (secondary N) is 1. The van der Waals surface area contributed by atoms with Gasteiger partial charge in [0.25, 0.3) is 29.5 Å². The summed E-state index contributed by atoms with van der Waals surface area (Å²) in [7, 11) is 10.1. The Morgan fingerprint density at radius 1 is 0.758 bits per heavy atom. The number of fused-ring (bicyclic) bond motifs is 5. The van der Waals surface area contributed by atoms with Crippen molar-refractivity contribution in [3.63, 3.8) is 0 Å². The van der Waals surface area contributed by atoms with E-state index in [0.29, 0.717) is 66.5 Å². The van der Waals surface area contributed by atoms with Crippen molar-refractivity contribution in [2.45, 2.75) is 37.9 Å². The number of ether oxygens (including phenoxy) is 3. The van der Waals surface area contributed by atoms with Gasteiger partial charge in [-0.05, 0) is 91.8 Å². The van der Waals surface area contributed by atoms with E-state index in [2.05, 4.69) is 111 Å². The number of nitrogens with zero attached hydrogens (tertiary/aromatic N) is 17. The van der Waals surface area contributed by atoms with E-state index in [0.717, 1.165) is 14.8 Å². The number of hydrogen-bond acceptors (Lipinski definition) is 21. The molecule has 0 fully saturated rings. The minimum absolute atomic E-state index is 0.00558. The molecule has 3 unspecified atom stereocenters. The Morgan fingerprint density at radius 3 is 1.88 bits per heavy atom. The minimum Gasteiger partial charge on any atom is -0.464 e. The second-order valence-corrected chi connectivity index (χ2v) is 22.2. The Hall–Kier alpha value is -9.82. The van der Waals surface area contributed by atoms with Crippen molar-refractivity contribution in [3.05, 3.63) is 178 Å². The van der Waals surface area contributed by atoms with E-state index in [-0.39, 0.29) is 71.3 Å². The number of nitriles is 3. The van der Waals surface area contributed by atoms with Gasteiger partial charge in [-0.1, -0.05) is 54.6 Å². The summed E-state index contributed by atoms with van der Waals surface area (Å²) in [5.74, 6) is -0.564. The molecule has 0 radical (unpaired) electrons. The number of carbonyl (C=O) groups excluding carboxylic acids is 2. The standard InChI is InChI=1S/C20H19BrFN7O2.C20H18FN7O2.C12H10BrFIN3O.C7H10N4/c1-28(11-12-7-13(9-23)29(2)27-12)20(30)15-6-4-3-5-14(15)16(8-22)31-19-18(24)25-10-17(21)26-19;1-27-10-14-17(15(8-22)28(2)26-14)13-9-24-18(23)19(25-13)30-16(7-21)11-5-3-4-6-12(11)20(27)29;13-10-6-17-11(16)12(18-10)19-9(5-14)7-3-1-2-4-8(7)15;1-9-5-6-3-7(4-8)11(2)10-6/h3-7,10,16H,8,11H2,1-2H3,(H2,24,25);3-6,9,16H,7,10H2,1-2H3,(H2,23,24);1-4,6,9H,5H2,(H2,16,17);3,9H,5H2,1-2H3. The van der Waals surface area contributed by atoms with Gasteiger partial charge in [0, 0.05) is 73.2 Å². The van der Waals surface area contributed by atoms with Crippen LogP contribution in [0, 0.1) is 37.6 Å². The molecule has 9 aromatic rings. The van der Waals surface area contributed by atoms with E-state index in [9.17, 15) is 28.0 Å². The lowest BCUT2D eigenvalue weighted by atomic mass is 10.0. The van der Waals surface area contributed by atoms with Crippen LogP contribution in [-0.4, -0.2) is 122 Å². The van der Waals surface area contributed by atoms with Crippen molar-refractivity contribution < 1.29 is 37.0 Å². The quantitative estimate of drug-likeness (QED) is 0.0743. The van der Waals surface area contributed by atoms with Gasteiger partial charge in [-0.3, -0.25) is 23.6 Å². The average Bonchev–Trinajstić information content (AvgIpc) is 1.75. The van der Waals surface area contributed by atoms with Crippen molar-refractivity contribution in [2.75, 3.05) is 58.4 Å². The summed E-state index contributed by atoms with van der Waals surface area (Å²) in [5, 5.41) is 43.0. The Bertz CT molecular complexity index is 4190. The molecule has 0 saturated heterocycles. The molecule has 1 aliphatic rings. The molecule has 3 aromatic carbocycles. The van der Waals surface area contributed by atoms with Gasteiger partial charge in [-0.2, -0.15) is 31.1 Å². The number of carbonyl (C=O) groups is 2. The number of benzene rings is 3. The normalized spacial score (nSPS) is 12.9. The summed E-state index contributed by atoms with van der Waals surface area (Å²) in [6.07, 6.45) is 1.29. The molecule has 0 aliphatic carbocycles. The molecule has 2 amide bonds. The smallest absolute Gasteiger partial charge is 0.259 e. The first kappa shape index (κ1) is 68.7. The Kier molecular flexibility index (Phi) is 24.2. The number of halogens is 6. The van der Waals surface area contributed by atoms with Crippen molar-refractivity contribution in [1.82, 2.24) is 74.4 Å². The number of rotatable bonds is 14. The van der Waals surface area contributed by atoms with Crippen LogP contribution in [0.4, 0.5) is 30.6 Å². The maximum Gasteiger partial charge on any atom is 0.259 e. The highest BCUT2D eigenvalue weighted by atomic mass is 127. The molecular weight excluding hydrogens is 1430 g/mol. The van der Waals surface area contributed by atoms with Gasteiger partial charge < -0.3 is 46.5 Å². The topological polar surface area (TPSA) is 361 Å². The molecule has 0 spiro atoms. The van der Waals surface area contributed by atoms with Crippen LogP contribution in [0.1, 0.15) is 89.9 Å². The molecule has 32 heteroatoms. The highest BCUT2D eigenvalue weighted by molar-refractivity contribution is 14.1. The largest absolute Gasteiger partial charge is 0.464 e. The molecule has 91 heavy (non-hydrogen) atoms. The molecule has 1 aliphatic heterocycles. The fraction of sp³-hybridized carbons (Fsp3) is 0.254.